The number of hydrogen-bond donors (Lipinski definition) is 2. The van der Waals surface area contributed by atoms with E-state index in [1.54, 1.807) is 19.1 Å². The number of nitrogens with one attached hydrogen (secondary N) is 2. The van der Waals surface area contributed by atoms with Gasteiger partial charge in [-0.05, 0) is 13.3 Å². The number of aryl methyl sites for hydroxylation is 1. The van der Waals surface area contributed by atoms with Crippen molar-refractivity contribution in [1.29, 1.82) is 0 Å². The molecule has 0 spiro atoms. The average molecular weight is 363 g/mol. The lowest BCUT2D eigenvalue weighted by molar-refractivity contribution is -0.125. The molecule has 2 aromatic rings. The highest BCUT2D eigenvalue weighted by atomic mass is 32.2. The van der Waals surface area contributed by atoms with Gasteiger partial charge in [0.15, 0.2) is 9.84 Å². The van der Waals surface area contributed by atoms with Gasteiger partial charge in [-0.15, -0.1) is 0 Å². The minimum atomic E-state index is -3.17. The summed E-state index contributed by atoms with van der Waals surface area (Å²) in [5.74, 6) is -1.65. The third-order valence-corrected chi connectivity index (χ3v) is 5.81. The molecular formula is C16H17N3O5S. The molecule has 2 N–H and O–H groups in total. The van der Waals surface area contributed by atoms with E-state index in [-0.39, 0.29) is 23.5 Å². The van der Waals surface area contributed by atoms with Crippen molar-refractivity contribution in [1.82, 2.24) is 16.0 Å². The van der Waals surface area contributed by atoms with Gasteiger partial charge in [-0.1, -0.05) is 35.5 Å². The number of benzene rings is 1. The lowest BCUT2D eigenvalue weighted by Gasteiger charge is -2.10. The number of amides is 2. The van der Waals surface area contributed by atoms with Gasteiger partial charge in [0.1, 0.15) is 17.0 Å². The van der Waals surface area contributed by atoms with Gasteiger partial charge >= 0.3 is 0 Å². The van der Waals surface area contributed by atoms with E-state index in [0.29, 0.717) is 17.0 Å². The highest BCUT2D eigenvalue weighted by molar-refractivity contribution is 7.91. The molecule has 9 heteroatoms. The fraction of sp³-hybridized carbons (Fsp3) is 0.312. The molecule has 0 aliphatic carbocycles. The summed E-state index contributed by atoms with van der Waals surface area (Å²) >= 11 is 0. The van der Waals surface area contributed by atoms with Crippen LogP contribution in [0.5, 0.6) is 0 Å². The van der Waals surface area contributed by atoms with Crippen LogP contribution in [0.3, 0.4) is 0 Å². The molecule has 1 aromatic carbocycles. The predicted octanol–water partition coefficient (Wildman–Crippen LogP) is 0.846. The molecule has 3 rings (SSSR count). The first-order valence-electron chi connectivity index (χ1n) is 7.70. The minimum Gasteiger partial charge on any atom is -0.360 e. The first kappa shape index (κ1) is 17.2. The van der Waals surface area contributed by atoms with Crippen molar-refractivity contribution in [3.05, 3.63) is 41.7 Å². The maximum Gasteiger partial charge on any atom is 0.275 e. The fourth-order valence-electron chi connectivity index (χ4n) is 2.72. The van der Waals surface area contributed by atoms with E-state index < -0.39 is 27.6 Å². The minimum absolute atomic E-state index is 0.0120. The van der Waals surface area contributed by atoms with E-state index in [0.717, 1.165) is 0 Å². The molecule has 1 aliphatic rings. The van der Waals surface area contributed by atoms with E-state index in [2.05, 4.69) is 16.0 Å². The summed E-state index contributed by atoms with van der Waals surface area (Å²) in [6.07, 6.45) is 0.256. The number of rotatable bonds is 3. The van der Waals surface area contributed by atoms with Gasteiger partial charge in [0, 0.05) is 5.56 Å². The molecule has 1 saturated heterocycles. The van der Waals surface area contributed by atoms with Crippen molar-refractivity contribution < 1.29 is 22.5 Å². The standard InChI is InChI=1S/C16H17N3O5S/c1-10-13(14(19-24-10)11-5-3-2-4-6-11)16(21)18-17-15(20)12-7-8-25(22,23)9-12/h2-6,12H,7-9H2,1H3,(H,17,20)(H,18,21)/t12-/m1/s1. The van der Waals surface area contributed by atoms with Gasteiger partial charge in [0.2, 0.25) is 5.91 Å². The van der Waals surface area contributed by atoms with Crippen LogP contribution in [0, 0.1) is 12.8 Å². The second kappa shape index (κ2) is 6.67. The Hall–Kier alpha value is -2.68. The Morgan fingerprint density at radius 1 is 1.20 bits per heavy atom. The van der Waals surface area contributed by atoms with Gasteiger partial charge in [0.05, 0.1) is 17.4 Å². The number of sulfone groups is 1. The average Bonchev–Trinajstić information content (AvgIpc) is 3.15. The molecule has 1 atom stereocenters. The Morgan fingerprint density at radius 2 is 1.92 bits per heavy atom. The van der Waals surface area contributed by atoms with Crippen molar-refractivity contribution >= 4 is 21.7 Å². The van der Waals surface area contributed by atoms with Crippen LogP contribution in [0.2, 0.25) is 0 Å². The van der Waals surface area contributed by atoms with Crippen LogP contribution in [0.4, 0.5) is 0 Å². The van der Waals surface area contributed by atoms with E-state index in [1.807, 2.05) is 18.2 Å². The van der Waals surface area contributed by atoms with Crippen LogP contribution in [-0.2, 0) is 14.6 Å². The van der Waals surface area contributed by atoms with Crippen LogP contribution in [0.1, 0.15) is 22.5 Å². The molecule has 0 bridgehead atoms. The molecule has 1 fully saturated rings. The Balaban J connectivity index is 1.70. The summed E-state index contributed by atoms with van der Waals surface area (Å²) in [6, 6.07) is 9.03. The number of hydrazine groups is 1. The van der Waals surface area contributed by atoms with Crippen molar-refractivity contribution in [2.24, 2.45) is 5.92 Å². The predicted molar refractivity (Wildman–Crippen MR) is 89.0 cm³/mol. The zero-order valence-corrected chi connectivity index (χ0v) is 14.3. The lowest BCUT2D eigenvalue weighted by Crippen LogP contribution is -2.45. The molecule has 0 unspecified atom stereocenters. The summed E-state index contributed by atoms with van der Waals surface area (Å²) in [5, 5.41) is 3.90. The number of aromatic nitrogens is 1. The van der Waals surface area contributed by atoms with Crippen molar-refractivity contribution in [3.63, 3.8) is 0 Å². The summed E-state index contributed by atoms with van der Waals surface area (Å²) in [5.41, 5.74) is 5.88. The van der Waals surface area contributed by atoms with Gasteiger partial charge in [-0.3, -0.25) is 20.4 Å². The number of nitrogens with zero attached hydrogens (tertiary/aromatic N) is 1. The van der Waals surface area contributed by atoms with E-state index in [4.69, 9.17) is 4.52 Å². The highest BCUT2D eigenvalue weighted by Crippen LogP contribution is 2.24. The molecule has 2 amide bonds. The fourth-order valence-corrected chi connectivity index (χ4v) is 4.46. The van der Waals surface area contributed by atoms with E-state index in [9.17, 15) is 18.0 Å². The zero-order valence-electron chi connectivity index (χ0n) is 13.5. The van der Waals surface area contributed by atoms with Crippen LogP contribution >= 0.6 is 0 Å². The molecule has 132 valence electrons. The first-order valence-corrected chi connectivity index (χ1v) is 9.52. The molecule has 25 heavy (non-hydrogen) atoms. The summed E-state index contributed by atoms with van der Waals surface area (Å²) in [6.45, 7) is 1.60. The number of carbonyl (C=O) groups is 2. The van der Waals surface area contributed by atoms with Gasteiger partial charge in [-0.2, -0.15) is 0 Å². The molecular weight excluding hydrogens is 346 g/mol. The molecule has 1 aromatic heterocycles. The van der Waals surface area contributed by atoms with Crippen molar-refractivity contribution in [2.45, 2.75) is 13.3 Å². The smallest absolute Gasteiger partial charge is 0.275 e. The lowest BCUT2D eigenvalue weighted by atomic mass is 10.1. The Bertz CT molecular complexity index is 905. The van der Waals surface area contributed by atoms with Gasteiger partial charge in [0.25, 0.3) is 5.91 Å². The van der Waals surface area contributed by atoms with Crippen LogP contribution < -0.4 is 10.9 Å². The van der Waals surface area contributed by atoms with E-state index in [1.165, 1.54) is 0 Å². The summed E-state index contributed by atoms with van der Waals surface area (Å²) in [4.78, 5) is 24.4. The normalized spacial score (nSPS) is 18.7. The zero-order chi connectivity index (χ0) is 18.0. The Morgan fingerprint density at radius 3 is 2.56 bits per heavy atom. The van der Waals surface area contributed by atoms with Crippen LogP contribution in [0.25, 0.3) is 11.3 Å². The molecule has 0 radical (unpaired) electrons. The maximum atomic E-state index is 12.4. The van der Waals surface area contributed by atoms with E-state index >= 15 is 0 Å². The highest BCUT2D eigenvalue weighted by Gasteiger charge is 2.33. The Labute approximate surface area is 144 Å². The second-order valence-electron chi connectivity index (χ2n) is 5.87. The first-order chi connectivity index (χ1) is 11.9. The Kier molecular flexibility index (Phi) is 4.58. The number of hydrogen-bond acceptors (Lipinski definition) is 6. The topological polar surface area (TPSA) is 118 Å². The quantitative estimate of drug-likeness (QED) is 0.780. The number of carbonyl (C=O) groups excluding carboxylic acids is 2. The summed E-state index contributed by atoms with van der Waals surface area (Å²) in [7, 11) is -3.17. The van der Waals surface area contributed by atoms with Crippen LogP contribution in [0.15, 0.2) is 34.9 Å². The van der Waals surface area contributed by atoms with Gasteiger partial charge < -0.3 is 4.52 Å². The SMILES string of the molecule is Cc1onc(-c2ccccc2)c1C(=O)NNC(=O)[C@@H]1CCS(=O)(=O)C1. The molecule has 2 heterocycles. The monoisotopic (exact) mass is 363 g/mol. The third-order valence-electron chi connectivity index (χ3n) is 4.04. The maximum absolute atomic E-state index is 12.4. The molecule has 8 nitrogen and oxygen atoms in total. The van der Waals surface area contributed by atoms with Gasteiger partial charge in [-0.25, -0.2) is 8.42 Å². The second-order valence-corrected chi connectivity index (χ2v) is 8.10. The van der Waals surface area contributed by atoms with Crippen LogP contribution in [-0.4, -0.2) is 36.9 Å². The third kappa shape index (κ3) is 3.71. The van der Waals surface area contributed by atoms with Crippen molar-refractivity contribution in [2.75, 3.05) is 11.5 Å². The molecule has 0 saturated carbocycles. The van der Waals surface area contributed by atoms with Crippen molar-refractivity contribution in [3.8, 4) is 11.3 Å². The molecule has 1 aliphatic heterocycles. The summed E-state index contributed by atoms with van der Waals surface area (Å²) < 4.78 is 28.0. The largest absolute Gasteiger partial charge is 0.360 e.